The molecule has 19 heavy (non-hydrogen) atoms. The van der Waals surface area contributed by atoms with Crippen molar-refractivity contribution in [3.05, 3.63) is 29.0 Å². The summed E-state index contributed by atoms with van der Waals surface area (Å²) in [7, 11) is 0. The molecule has 4 heteroatoms. The summed E-state index contributed by atoms with van der Waals surface area (Å²) in [6, 6.07) is 6.35. The van der Waals surface area contributed by atoms with Crippen molar-refractivity contribution in [1.29, 1.82) is 0 Å². The minimum atomic E-state index is 0.395. The van der Waals surface area contributed by atoms with Crippen LogP contribution in [0.5, 0.6) is 0 Å². The minimum Gasteiger partial charge on any atom is -0.323 e. The Morgan fingerprint density at radius 2 is 2.21 bits per heavy atom. The number of para-hydroxylation sites is 1. The fourth-order valence-electron chi connectivity index (χ4n) is 3.26. The van der Waals surface area contributed by atoms with Gasteiger partial charge in [0, 0.05) is 6.04 Å². The summed E-state index contributed by atoms with van der Waals surface area (Å²) in [6.45, 7) is 4.65. The van der Waals surface area contributed by atoms with Crippen molar-refractivity contribution in [3.8, 4) is 0 Å². The normalized spacial score (nSPS) is 22.2. The first kappa shape index (κ1) is 13.3. The average Bonchev–Trinajstić information content (AvgIpc) is 2.89. The van der Waals surface area contributed by atoms with E-state index in [2.05, 4.69) is 23.4 Å². The third-order valence-corrected chi connectivity index (χ3v) is 4.71. The molecule has 1 saturated carbocycles. The van der Waals surface area contributed by atoms with Crippen molar-refractivity contribution >= 4 is 34.2 Å². The predicted molar refractivity (Wildman–Crippen MR) is 81.0 cm³/mol. The number of imidazole rings is 1. The minimum absolute atomic E-state index is 0.395. The molecule has 2 aromatic rings. The third-order valence-electron chi connectivity index (χ3n) is 4.16. The highest BCUT2D eigenvalue weighted by molar-refractivity contribution is 6.35. The Hall–Kier alpha value is -0.730. The van der Waals surface area contributed by atoms with Crippen molar-refractivity contribution < 1.29 is 0 Å². The van der Waals surface area contributed by atoms with Crippen molar-refractivity contribution in [1.82, 2.24) is 9.55 Å². The van der Waals surface area contributed by atoms with E-state index in [-0.39, 0.29) is 0 Å². The van der Waals surface area contributed by atoms with Crippen LogP contribution in [0.1, 0.15) is 45.0 Å². The molecule has 0 saturated heterocycles. The van der Waals surface area contributed by atoms with Gasteiger partial charge in [-0.1, -0.05) is 31.5 Å². The second-order valence-electron chi connectivity index (χ2n) is 6.20. The van der Waals surface area contributed by atoms with Crippen LogP contribution in [0.25, 0.3) is 11.0 Å². The number of fused-ring (bicyclic) bond motifs is 1. The van der Waals surface area contributed by atoms with Gasteiger partial charge in [-0.05, 0) is 36.8 Å². The van der Waals surface area contributed by atoms with Crippen LogP contribution in [-0.4, -0.2) is 9.55 Å². The SMILES string of the molecule is CC1(C)CCC(n2c(CCl)nc3cccc(Cl)c32)C1. The lowest BCUT2D eigenvalue weighted by Crippen LogP contribution is -2.11. The number of hydrogen-bond acceptors (Lipinski definition) is 1. The lowest BCUT2D eigenvalue weighted by atomic mass is 9.92. The van der Waals surface area contributed by atoms with E-state index in [1.165, 1.54) is 12.8 Å². The molecule has 102 valence electrons. The summed E-state index contributed by atoms with van der Waals surface area (Å²) in [6.07, 6.45) is 3.57. The number of benzene rings is 1. The molecule has 0 N–H and O–H groups in total. The van der Waals surface area contributed by atoms with Gasteiger partial charge >= 0.3 is 0 Å². The lowest BCUT2D eigenvalue weighted by Gasteiger charge is -2.20. The molecule has 1 heterocycles. The van der Waals surface area contributed by atoms with Crippen molar-refractivity contribution in [2.24, 2.45) is 5.41 Å². The van der Waals surface area contributed by atoms with E-state index in [0.717, 1.165) is 28.3 Å². The zero-order chi connectivity index (χ0) is 13.6. The molecule has 1 unspecified atom stereocenters. The fourth-order valence-corrected chi connectivity index (χ4v) is 3.71. The number of hydrogen-bond donors (Lipinski definition) is 0. The Morgan fingerprint density at radius 1 is 1.42 bits per heavy atom. The van der Waals surface area contributed by atoms with E-state index in [1.54, 1.807) is 0 Å². The van der Waals surface area contributed by atoms with E-state index in [0.29, 0.717) is 17.3 Å². The molecule has 1 aliphatic carbocycles. The van der Waals surface area contributed by atoms with Gasteiger partial charge in [0.25, 0.3) is 0 Å². The van der Waals surface area contributed by atoms with Gasteiger partial charge in [-0.15, -0.1) is 11.6 Å². The van der Waals surface area contributed by atoms with Gasteiger partial charge in [0.1, 0.15) is 5.82 Å². The monoisotopic (exact) mass is 296 g/mol. The summed E-state index contributed by atoms with van der Waals surface area (Å²) in [5.74, 6) is 1.37. The van der Waals surface area contributed by atoms with E-state index in [4.69, 9.17) is 23.2 Å². The Balaban J connectivity index is 2.16. The molecule has 1 aromatic carbocycles. The number of nitrogens with zero attached hydrogens (tertiary/aromatic N) is 2. The highest BCUT2D eigenvalue weighted by atomic mass is 35.5. The van der Waals surface area contributed by atoms with Gasteiger partial charge in [-0.3, -0.25) is 0 Å². The van der Waals surface area contributed by atoms with Gasteiger partial charge in [-0.2, -0.15) is 0 Å². The van der Waals surface area contributed by atoms with Gasteiger partial charge < -0.3 is 4.57 Å². The standard InChI is InChI=1S/C15H18Cl2N2/c1-15(2)7-6-10(8-15)19-13(9-16)18-12-5-3-4-11(17)14(12)19/h3-5,10H,6-9H2,1-2H3. The Morgan fingerprint density at radius 3 is 2.84 bits per heavy atom. The molecule has 0 aliphatic heterocycles. The van der Waals surface area contributed by atoms with Crippen LogP contribution in [0.15, 0.2) is 18.2 Å². The highest BCUT2D eigenvalue weighted by Gasteiger charge is 2.34. The molecule has 0 amide bonds. The van der Waals surface area contributed by atoms with Crippen molar-refractivity contribution in [2.45, 2.75) is 45.0 Å². The van der Waals surface area contributed by atoms with Gasteiger partial charge in [0.2, 0.25) is 0 Å². The second kappa shape index (κ2) is 4.68. The lowest BCUT2D eigenvalue weighted by molar-refractivity contribution is 0.359. The first-order valence-corrected chi connectivity index (χ1v) is 7.64. The number of halogens is 2. The smallest absolute Gasteiger partial charge is 0.125 e. The summed E-state index contributed by atoms with van der Waals surface area (Å²) in [4.78, 5) is 4.63. The Labute approximate surface area is 123 Å². The molecule has 0 bridgehead atoms. The van der Waals surface area contributed by atoms with E-state index >= 15 is 0 Å². The summed E-state index contributed by atoms with van der Waals surface area (Å²) >= 11 is 12.5. The average molecular weight is 297 g/mol. The highest BCUT2D eigenvalue weighted by Crippen LogP contribution is 2.45. The molecule has 1 aliphatic rings. The first-order valence-electron chi connectivity index (χ1n) is 6.73. The molecule has 1 atom stereocenters. The molecular formula is C15H18Cl2N2. The van der Waals surface area contributed by atoms with Crippen LogP contribution in [-0.2, 0) is 5.88 Å². The van der Waals surface area contributed by atoms with E-state index < -0.39 is 0 Å². The van der Waals surface area contributed by atoms with E-state index in [1.807, 2.05) is 18.2 Å². The molecule has 2 nitrogen and oxygen atoms in total. The van der Waals surface area contributed by atoms with Crippen LogP contribution < -0.4 is 0 Å². The number of alkyl halides is 1. The Kier molecular flexibility index (Phi) is 3.26. The summed E-state index contributed by atoms with van der Waals surface area (Å²) in [5, 5.41) is 0.770. The van der Waals surface area contributed by atoms with Crippen LogP contribution in [0.2, 0.25) is 5.02 Å². The van der Waals surface area contributed by atoms with Crippen LogP contribution in [0, 0.1) is 5.41 Å². The molecule has 1 aromatic heterocycles. The maximum Gasteiger partial charge on any atom is 0.125 e. The zero-order valence-corrected chi connectivity index (χ0v) is 12.8. The molecule has 0 spiro atoms. The summed E-state index contributed by atoms with van der Waals surface area (Å²) in [5.41, 5.74) is 2.39. The largest absolute Gasteiger partial charge is 0.323 e. The van der Waals surface area contributed by atoms with Crippen LogP contribution in [0.4, 0.5) is 0 Å². The number of rotatable bonds is 2. The van der Waals surface area contributed by atoms with Gasteiger partial charge in [-0.25, -0.2) is 4.98 Å². The Bertz CT molecular complexity index is 616. The van der Waals surface area contributed by atoms with Gasteiger partial charge in [0.05, 0.1) is 21.9 Å². The maximum absolute atomic E-state index is 6.38. The third kappa shape index (κ3) is 2.25. The topological polar surface area (TPSA) is 17.8 Å². The van der Waals surface area contributed by atoms with Gasteiger partial charge in [0.15, 0.2) is 0 Å². The van der Waals surface area contributed by atoms with Crippen LogP contribution in [0.3, 0.4) is 0 Å². The summed E-state index contributed by atoms with van der Waals surface area (Å²) < 4.78 is 2.28. The molecule has 3 rings (SSSR count). The molecule has 1 fully saturated rings. The van der Waals surface area contributed by atoms with Crippen LogP contribution >= 0.6 is 23.2 Å². The molecular weight excluding hydrogens is 279 g/mol. The molecule has 0 radical (unpaired) electrons. The predicted octanol–water partition coefficient (Wildman–Crippen LogP) is 5.18. The van der Waals surface area contributed by atoms with Crippen molar-refractivity contribution in [2.75, 3.05) is 0 Å². The maximum atomic E-state index is 6.38. The fraction of sp³-hybridized carbons (Fsp3) is 0.533. The second-order valence-corrected chi connectivity index (χ2v) is 6.87. The first-order chi connectivity index (χ1) is 9.02. The van der Waals surface area contributed by atoms with Crippen molar-refractivity contribution in [3.63, 3.8) is 0 Å². The van der Waals surface area contributed by atoms with E-state index in [9.17, 15) is 0 Å². The number of aromatic nitrogens is 2. The quantitative estimate of drug-likeness (QED) is 0.698. The zero-order valence-electron chi connectivity index (χ0n) is 11.3.